The van der Waals surface area contributed by atoms with Gasteiger partial charge in [-0.25, -0.2) is 4.79 Å². The number of hydrogen-bond acceptors (Lipinski definition) is 5. The van der Waals surface area contributed by atoms with E-state index in [2.05, 4.69) is 33.3 Å². The first-order valence-electron chi connectivity index (χ1n) is 11.1. The molecule has 2 amide bonds. The topological polar surface area (TPSA) is 96.4 Å². The molecule has 2 aliphatic rings. The molecule has 170 valence electrons. The van der Waals surface area contributed by atoms with Crippen molar-refractivity contribution in [3.63, 3.8) is 0 Å². The molecule has 3 N–H and O–H groups in total. The Morgan fingerprint density at radius 1 is 0.969 bits per heavy atom. The van der Waals surface area contributed by atoms with E-state index in [9.17, 15) is 14.7 Å². The lowest BCUT2D eigenvalue weighted by molar-refractivity contribution is 0.0842. The van der Waals surface area contributed by atoms with Crippen LogP contribution in [-0.2, 0) is 13.0 Å². The van der Waals surface area contributed by atoms with Gasteiger partial charge < -0.3 is 25.3 Å². The van der Waals surface area contributed by atoms with Gasteiger partial charge in [0.2, 0.25) is 0 Å². The number of anilines is 1. The molecule has 32 heavy (non-hydrogen) atoms. The summed E-state index contributed by atoms with van der Waals surface area (Å²) in [6.45, 7) is 4.50. The highest BCUT2D eigenvalue weighted by atomic mass is 16.4. The number of carboxylic acid groups (broad SMARTS) is 1. The number of β-amino-alcohol motifs (C(OH)–C–C–N with tert-alkyl or cyclic N) is 1. The number of hydrogen-bond donors (Lipinski definition) is 3. The second-order valence-electron chi connectivity index (χ2n) is 8.42. The number of rotatable bonds is 6. The fourth-order valence-corrected chi connectivity index (χ4v) is 4.38. The Labute approximate surface area is 188 Å². The number of benzene rings is 2. The standard InChI is InChI=1S/C24H30N4O4/c29-22(17-26-9-8-18-4-1-2-5-20(18)16-26)15-25-23(30)19-6-3-7-21(14-19)27-10-12-28(13-11-27)24(31)32/h1-7,14,22,29H,8-13,15-17H2,(H,25,30)(H,31,32). The van der Waals surface area contributed by atoms with Crippen LogP contribution in [0.2, 0.25) is 0 Å². The minimum atomic E-state index is -0.898. The van der Waals surface area contributed by atoms with Crippen molar-refractivity contribution >= 4 is 17.7 Å². The van der Waals surface area contributed by atoms with Crippen LogP contribution in [0.15, 0.2) is 48.5 Å². The lowest BCUT2D eigenvalue weighted by Gasteiger charge is -2.34. The van der Waals surface area contributed by atoms with Gasteiger partial charge in [-0.2, -0.15) is 0 Å². The molecule has 0 aromatic heterocycles. The van der Waals surface area contributed by atoms with Crippen LogP contribution < -0.4 is 10.2 Å². The highest BCUT2D eigenvalue weighted by molar-refractivity contribution is 5.95. The third-order valence-electron chi connectivity index (χ3n) is 6.20. The average Bonchev–Trinajstić information content (AvgIpc) is 2.82. The summed E-state index contributed by atoms with van der Waals surface area (Å²) in [5, 5.41) is 22.4. The number of nitrogens with one attached hydrogen (secondary N) is 1. The van der Waals surface area contributed by atoms with Crippen molar-refractivity contribution in [3.05, 3.63) is 65.2 Å². The first kappa shape index (κ1) is 22.1. The molecule has 1 unspecified atom stereocenters. The monoisotopic (exact) mass is 438 g/mol. The second kappa shape index (κ2) is 10.0. The van der Waals surface area contributed by atoms with Gasteiger partial charge in [-0.15, -0.1) is 0 Å². The quantitative estimate of drug-likeness (QED) is 0.635. The summed E-state index contributed by atoms with van der Waals surface area (Å²) in [5.74, 6) is -0.223. The number of carbonyl (C=O) groups excluding carboxylic acids is 1. The number of carbonyl (C=O) groups is 2. The van der Waals surface area contributed by atoms with Crippen molar-refractivity contribution in [1.82, 2.24) is 15.1 Å². The molecule has 0 saturated carbocycles. The van der Waals surface area contributed by atoms with Crippen LogP contribution in [0, 0.1) is 0 Å². The van der Waals surface area contributed by atoms with E-state index in [1.807, 2.05) is 24.3 Å². The minimum Gasteiger partial charge on any atom is -0.465 e. The first-order chi connectivity index (χ1) is 15.5. The summed E-state index contributed by atoms with van der Waals surface area (Å²) in [6.07, 6.45) is -0.565. The largest absolute Gasteiger partial charge is 0.465 e. The molecular weight excluding hydrogens is 408 g/mol. The van der Waals surface area contributed by atoms with Gasteiger partial charge in [0.1, 0.15) is 0 Å². The van der Waals surface area contributed by atoms with Crippen LogP contribution in [0.1, 0.15) is 21.5 Å². The molecule has 1 saturated heterocycles. The lowest BCUT2D eigenvalue weighted by Crippen LogP contribution is -2.48. The molecule has 0 aliphatic carbocycles. The van der Waals surface area contributed by atoms with Crippen molar-refractivity contribution in [2.75, 3.05) is 50.7 Å². The summed E-state index contributed by atoms with van der Waals surface area (Å²) < 4.78 is 0. The van der Waals surface area contributed by atoms with Gasteiger partial charge in [0.05, 0.1) is 6.10 Å². The smallest absolute Gasteiger partial charge is 0.407 e. The summed E-state index contributed by atoms with van der Waals surface area (Å²) in [5.41, 5.74) is 4.10. The molecule has 8 heteroatoms. The predicted octanol–water partition coefficient (Wildman–Crippen LogP) is 1.64. The number of nitrogens with zero attached hydrogens (tertiary/aromatic N) is 3. The van der Waals surface area contributed by atoms with Gasteiger partial charge in [0.15, 0.2) is 0 Å². The van der Waals surface area contributed by atoms with Gasteiger partial charge in [-0.05, 0) is 35.7 Å². The number of aliphatic hydroxyl groups excluding tert-OH is 1. The fraction of sp³-hybridized carbons (Fsp3) is 0.417. The van der Waals surface area contributed by atoms with Gasteiger partial charge in [-0.3, -0.25) is 9.69 Å². The molecule has 2 heterocycles. The van der Waals surface area contributed by atoms with Crippen molar-refractivity contribution in [3.8, 4) is 0 Å². The van der Waals surface area contributed by atoms with E-state index in [0.29, 0.717) is 38.3 Å². The Bertz CT molecular complexity index is 959. The molecule has 1 atom stereocenters. The number of aliphatic hydroxyl groups is 1. The lowest BCUT2D eigenvalue weighted by atomic mass is 10.00. The van der Waals surface area contributed by atoms with Gasteiger partial charge in [0.25, 0.3) is 5.91 Å². The van der Waals surface area contributed by atoms with Crippen LogP contribution in [0.25, 0.3) is 0 Å². The van der Waals surface area contributed by atoms with Crippen molar-refractivity contribution in [2.24, 2.45) is 0 Å². The normalized spacial score (nSPS) is 17.5. The SMILES string of the molecule is O=C(NCC(O)CN1CCc2ccccc2C1)c1cccc(N2CCN(C(=O)O)CC2)c1. The third kappa shape index (κ3) is 5.38. The zero-order valence-electron chi connectivity index (χ0n) is 18.1. The molecule has 4 rings (SSSR count). The molecule has 0 radical (unpaired) electrons. The molecule has 0 spiro atoms. The fourth-order valence-electron chi connectivity index (χ4n) is 4.38. The van der Waals surface area contributed by atoms with Crippen LogP contribution >= 0.6 is 0 Å². The summed E-state index contributed by atoms with van der Waals surface area (Å²) in [6, 6.07) is 15.7. The van der Waals surface area contributed by atoms with E-state index in [4.69, 9.17) is 5.11 Å². The third-order valence-corrected chi connectivity index (χ3v) is 6.20. The second-order valence-corrected chi connectivity index (χ2v) is 8.42. The van der Waals surface area contributed by atoms with Crippen molar-refractivity contribution in [1.29, 1.82) is 0 Å². The Kier molecular flexibility index (Phi) is 6.92. The predicted molar refractivity (Wildman–Crippen MR) is 122 cm³/mol. The van der Waals surface area contributed by atoms with Crippen LogP contribution in [0.4, 0.5) is 10.5 Å². The Morgan fingerprint density at radius 3 is 2.47 bits per heavy atom. The minimum absolute atomic E-state index is 0.193. The molecule has 2 aliphatic heterocycles. The summed E-state index contributed by atoms with van der Waals surface area (Å²) in [4.78, 5) is 29.4. The number of piperazine rings is 1. The van der Waals surface area contributed by atoms with Crippen molar-refractivity contribution < 1.29 is 19.8 Å². The van der Waals surface area contributed by atoms with Gasteiger partial charge in [0, 0.05) is 63.6 Å². The molecule has 2 aromatic carbocycles. The first-order valence-corrected chi connectivity index (χ1v) is 11.1. The van der Waals surface area contributed by atoms with Crippen molar-refractivity contribution in [2.45, 2.75) is 19.1 Å². The average molecular weight is 439 g/mol. The molecule has 1 fully saturated rings. The maximum atomic E-state index is 12.6. The van der Waals surface area contributed by atoms with Gasteiger partial charge in [-0.1, -0.05) is 30.3 Å². The molecule has 2 aromatic rings. The Hall–Kier alpha value is -3.10. The maximum Gasteiger partial charge on any atom is 0.407 e. The molecule has 8 nitrogen and oxygen atoms in total. The highest BCUT2D eigenvalue weighted by Crippen LogP contribution is 2.19. The van der Waals surface area contributed by atoms with E-state index in [0.717, 1.165) is 25.2 Å². The van der Waals surface area contributed by atoms with E-state index < -0.39 is 12.2 Å². The summed E-state index contributed by atoms with van der Waals surface area (Å²) >= 11 is 0. The number of amides is 2. The molecular formula is C24H30N4O4. The zero-order valence-corrected chi connectivity index (χ0v) is 18.1. The highest BCUT2D eigenvalue weighted by Gasteiger charge is 2.22. The van der Waals surface area contributed by atoms with Crippen LogP contribution in [-0.4, -0.2) is 83.9 Å². The van der Waals surface area contributed by atoms with Crippen LogP contribution in [0.3, 0.4) is 0 Å². The van der Waals surface area contributed by atoms with E-state index in [1.54, 1.807) is 6.07 Å². The maximum absolute atomic E-state index is 12.6. The Morgan fingerprint density at radius 2 is 1.72 bits per heavy atom. The van der Waals surface area contributed by atoms with Crippen LogP contribution in [0.5, 0.6) is 0 Å². The van der Waals surface area contributed by atoms with E-state index in [-0.39, 0.29) is 12.5 Å². The Balaban J connectivity index is 1.26. The zero-order chi connectivity index (χ0) is 22.5. The number of fused-ring (bicyclic) bond motifs is 1. The molecule has 0 bridgehead atoms. The van der Waals surface area contributed by atoms with E-state index in [1.165, 1.54) is 16.0 Å². The van der Waals surface area contributed by atoms with E-state index >= 15 is 0 Å². The summed E-state index contributed by atoms with van der Waals surface area (Å²) in [7, 11) is 0. The van der Waals surface area contributed by atoms with Gasteiger partial charge >= 0.3 is 6.09 Å².